The van der Waals surface area contributed by atoms with Crippen molar-refractivity contribution in [3.05, 3.63) is 38.4 Å². The van der Waals surface area contributed by atoms with Crippen LogP contribution < -0.4 is 0 Å². The van der Waals surface area contributed by atoms with Gasteiger partial charge in [0.25, 0.3) is 5.69 Å². The van der Waals surface area contributed by atoms with Gasteiger partial charge >= 0.3 is 0 Å². The molecule has 6 heteroatoms. The highest BCUT2D eigenvalue weighted by Gasteiger charge is 2.23. The maximum absolute atomic E-state index is 11.4. The van der Waals surface area contributed by atoms with Gasteiger partial charge in [0.05, 0.1) is 4.92 Å². The van der Waals surface area contributed by atoms with Gasteiger partial charge in [-0.25, -0.2) is 0 Å². The van der Waals surface area contributed by atoms with Crippen LogP contribution in [0.2, 0.25) is 5.02 Å². The second kappa shape index (κ2) is 4.94. The molecule has 1 heterocycles. The summed E-state index contributed by atoms with van der Waals surface area (Å²) in [6, 6.07) is 3.17. The molecule has 0 radical (unpaired) electrons. The van der Waals surface area contributed by atoms with Gasteiger partial charge in [0.1, 0.15) is 5.02 Å². The van der Waals surface area contributed by atoms with Gasteiger partial charge in [-0.1, -0.05) is 17.7 Å². The number of amides is 1. The lowest BCUT2D eigenvalue weighted by molar-refractivity contribution is -0.384. The van der Waals surface area contributed by atoms with Crippen LogP contribution in [-0.2, 0) is 17.8 Å². The summed E-state index contributed by atoms with van der Waals surface area (Å²) < 4.78 is 0. The highest BCUT2D eigenvalue weighted by molar-refractivity contribution is 6.33. The van der Waals surface area contributed by atoms with Gasteiger partial charge < -0.3 is 4.90 Å². The molecule has 0 aromatic heterocycles. The number of nitro groups is 1. The fraction of sp³-hybridized carbons (Fsp3) is 0.417. The Morgan fingerprint density at radius 3 is 2.83 bits per heavy atom. The summed E-state index contributed by atoms with van der Waals surface area (Å²) in [4.78, 5) is 23.5. The molecule has 5 nitrogen and oxygen atoms in total. The molecule has 1 aliphatic heterocycles. The lowest BCUT2D eigenvalue weighted by Gasteiger charge is -2.19. The summed E-state index contributed by atoms with van der Waals surface area (Å²) >= 11 is 6.08. The number of hydrogen-bond donors (Lipinski definition) is 0. The Morgan fingerprint density at radius 2 is 2.22 bits per heavy atom. The fourth-order valence-corrected chi connectivity index (χ4v) is 2.51. The molecule has 96 valence electrons. The molecular formula is C12H13ClN2O3. The van der Waals surface area contributed by atoms with Gasteiger partial charge in [0, 0.05) is 31.6 Å². The third-order valence-electron chi connectivity index (χ3n) is 3.18. The normalized spacial score (nSPS) is 14.9. The van der Waals surface area contributed by atoms with E-state index in [1.165, 1.54) is 13.0 Å². The van der Waals surface area contributed by atoms with E-state index in [1.807, 2.05) is 0 Å². The number of rotatable bonds is 1. The molecular weight excluding hydrogens is 256 g/mol. The Kier molecular flexibility index (Phi) is 3.52. The zero-order valence-corrected chi connectivity index (χ0v) is 10.7. The van der Waals surface area contributed by atoms with Crippen molar-refractivity contribution in [2.75, 3.05) is 6.54 Å². The summed E-state index contributed by atoms with van der Waals surface area (Å²) in [5.74, 6) is -0.0366. The monoisotopic (exact) mass is 268 g/mol. The van der Waals surface area contributed by atoms with Crippen molar-refractivity contribution in [3.8, 4) is 0 Å². The van der Waals surface area contributed by atoms with Crippen molar-refractivity contribution in [1.82, 2.24) is 4.90 Å². The van der Waals surface area contributed by atoms with Crippen LogP contribution in [0.25, 0.3) is 0 Å². The fourth-order valence-electron chi connectivity index (χ4n) is 2.19. The van der Waals surface area contributed by atoms with Crippen LogP contribution in [-0.4, -0.2) is 22.3 Å². The van der Waals surface area contributed by atoms with E-state index in [2.05, 4.69) is 0 Å². The molecule has 0 aliphatic carbocycles. The molecule has 18 heavy (non-hydrogen) atoms. The zero-order chi connectivity index (χ0) is 13.3. The Hall–Kier alpha value is -1.62. The first-order valence-electron chi connectivity index (χ1n) is 5.71. The highest BCUT2D eigenvalue weighted by Crippen LogP contribution is 2.33. The molecule has 0 saturated heterocycles. The topological polar surface area (TPSA) is 63.5 Å². The van der Waals surface area contributed by atoms with Gasteiger partial charge in [0.2, 0.25) is 5.91 Å². The molecule has 0 saturated carbocycles. The molecule has 0 N–H and O–H groups in total. The van der Waals surface area contributed by atoms with E-state index >= 15 is 0 Å². The molecule has 0 atom stereocenters. The Balaban J connectivity index is 2.47. The summed E-state index contributed by atoms with van der Waals surface area (Å²) in [6.45, 7) is 2.51. The zero-order valence-electron chi connectivity index (χ0n) is 9.98. The van der Waals surface area contributed by atoms with Crippen molar-refractivity contribution in [2.24, 2.45) is 0 Å². The van der Waals surface area contributed by atoms with Crippen LogP contribution in [0, 0.1) is 10.1 Å². The smallest absolute Gasteiger partial charge is 0.288 e. The first-order chi connectivity index (χ1) is 8.50. The van der Waals surface area contributed by atoms with Crippen LogP contribution in [0.1, 0.15) is 24.5 Å². The van der Waals surface area contributed by atoms with E-state index in [9.17, 15) is 14.9 Å². The highest BCUT2D eigenvalue weighted by atomic mass is 35.5. The molecule has 1 aromatic rings. The maximum Gasteiger partial charge on any atom is 0.288 e. The molecule has 0 fully saturated rings. The second-order valence-electron chi connectivity index (χ2n) is 4.34. The summed E-state index contributed by atoms with van der Waals surface area (Å²) in [6.07, 6.45) is 1.64. The SMILES string of the molecule is CC(=O)N1CCCc2ccc([N+](=O)[O-])c(Cl)c2C1. The van der Waals surface area contributed by atoms with E-state index in [0.29, 0.717) is 18.7 Å². The van der Waals surface area contributed by atoms with Crippen LogP contribution >= 0.6 is 11.6 Å². The summed E-state index contributed by atoms with van der Waals surface area (Å²) in [5.41, 5.74) is 1.61. The molecule has 0 bridgehead atoms. The quantitative estimate of drug-likeness (QED) is 0.581. The number of benzene rings is 1. The maximum atomic E-state index is 11.4. The predicted octanol–water partition coefficient (Wildman–Crippen LogP) is 2.54. The predicted molar refractivity (Wildman–Crippen MR) is 67.5 cm³/mol. The molecule has 2 rings (SSSR count). The molecule has 1 aliphatic rings. The van der Waals surface area contributed by atoms with Crippen molar-refractivity contribution in [3.63, 3.8) is 0 Å². The van der Waals surface area contributed by atoms with Crippen molar-refractivity contribution in [2.45, 2.75) is 26.3 Å². The molecule has 1 amide bonds. The number of nitrogens with zero attached hydrogens (tertiary/aromatic N) is 2. The molecule has 0 unspecified atom stereocenters. The lowest BCUT2D eigenvalue weighted by Crippen LogP contribution is -2.28. The van der Waals surface area contributed by atoms with E-state index < -0.39 is 4.92 Å². The van der Waals surface area contributed by atoms with Crippen molar-refractivity contribution in [1.29, 1.82) is 0 Å². The van der Waals surface area contributed by atoms with Crippen LogP contribution in [0.4, 0.5) is 5.69 Å². The van der Waals surface area contributed by atoms with Crippen LogP contribution in [0.15, 0.2) is 12.1 Å². The largest absolute Gasteiger partial charge is 0.339 e. The van der Waals surface area contributed by atoms with E-state index in [-0.39, 0.29) is 16.6 Å². The Morgan fingerprint density at radius 1 is 1.50 bits per heavy atom. The average Bonchev–Trinajstić information content (AvgIpc) is 2.51. The third-order valence-corrected chi connectivity index (χ3v) is 3.61. The minimum absolute atomic E-state index is 0.0366. The number of hydrogen-bond acceptors (Lipinski definition) is 3. The van der Waals surface area contributed by atoms with Crippen molar-refractivity contribution >= 4 is 23.2 Å². The minimum atomic E-state index is -0.494. The van der Waals surface area contributed by atoms with Gasteiger partial charge in [-0.3, -0.25) is 14.9 Å². The second-order valence-corrected chi connectivity index (χ2v) is 4.72. The molecule has 0 spiro atoms. The number of aryl methyl sites for hydroxylation is 1. The Labute approximate surface area is 109 Å². The van der Waals surface area contributed by atoms with Crippen molar-refractivity contribution < 1.29 is 9.72 Å². The van der Waals surface area contributed by atoms with E-state index in [1.54, 1.807) is 11.0 Å². The number of carbonyl (C=O) groups excluding carboxylic acids is 1. The van der Waals surface area contributed by atoms with Gasteiger partial charge in [-0.2, -0.15) is 0 Å². The van der Waals surface area contributed by atoms with Gasteiger partial charge in [0.15, 0.2) is 0 Å². The number of fused-ring (bicyclic) bond motifs is 1. The summed E-state index contributed by atoms with van der Waals surface area (Å²) in [7, 11) is 0. The van der Waals surface area contributed by atoms with Gasteiger partial charge in [-0.15, -0.1) is 0 Å². The number of nitro benzene ring substituents is 1. The molecule has 1 aromatic carbocycles. The lowest BCUT2D eigenvalue weighted by atomic mass is 10.0. The third kappa shape index (κ3) is 2.31. The Bertz CT molecular complexity index is 516. The minimum Gasteiger partial charge on any atom is -0.339 e. The summed E-state index contributed by atoms with van der Waals surface area (Å²) in [5, 5.41) is 11.0. The number of halogens is 1. The van der Waals surface area contributed by atoms with Gasteiger partial charge in [-0.05, 0) is 18.4 Å². The average molecular weight is 269 g/mol. The van der Waals surface area contributed by atoms with Crippen LogP contribution in [0.3, 0.4) is 0 Å². The first kappa shape index (κ1) is 12.8. The van der Waals surface area contributed by atoms with E-state index in [4.69, 9.17) is 11.6 Å². The standard InChI is InChI=1S/C12H13ClN2O3/c1-8(16)14-6-2-3-9-4-5-11(15(17)18)12(13)10(9)7-14/h4-5H,2-3,6-7H2,1H3. The first-order valence-corrected chi connectivity index (χ1v) is 6.08. The van der Waals surface area contributed by atoms with Crippen LogP contribution in [0.5, 0.6) is 0 Å². The van der Waals surface area contributed by atoms with E-state index in [0.717, 1.165) is 18.4 Å². The number of carbonyl (C=O) groups is 1.